The molecule has 0 aliphatic carbocycles. The minimum Gasteiger partial charge on any atom is -0.481 e. The van der Waals surface area contributed by atoms with Gasteiger partial charge in [-0.15, -0.1) is 0 Å². The lowest BCUT2D eigenvalue weighted by Crippen LogP contribution is -2.50. The molecule has 1 aliphatic rings. The van der Waals surface area contributed by atoms with Crippen LogP contribution < -0.4 is 5.32 Å². The minimum absolute atomic E-state index is 0.0895. The number of aliphatic carboxylic acids is 1. The normalized spacial score (nSPS) is 19.8. The van der Waals surface area contributed by atoms with Crippen LogP contribution in [0.1, 0.15) is 29.1 Å². The summed E-state index contributed by atoms with van der Waals surface area (Å²) in [7, 11) is 0. The molecule has 0 spiro atoms. The molecule has 1 aromatic carbocycles. The molecule has 3 rings (SSSR count). The summed E-state index contributed by atoms with van der Waals surface area (Å²) in [5.41, 5.74) is -0.554. The van der Waals surface area contributed by atoms with Crippen molar-refractivity contribution < 1.29 is 37.1 Å². The SMILES string of the molecule is O=C(O)CC1(NC(=O)c2ccc(-c3noc(C(F)(F)F)n3)cc2)CCOC1. The Morgan fingerprint density at radius 1 is 1.26 bits per heavy atom. The highest BCUT2D eigenvalue weighted by Gasteiger charge is 2.39. The molecule has 27 heavy (non-hydrogen) atoms. The van der Waals surface area contributed by atoms with Gasteiger partial charge in [-0.1, -0.05) is 17.3 Å². The molecule has 144 valence electrons. The zero-order valence-electron chi connectivity index (χ0n) is 13.7. The van der Waals surface area contributed by atoms with Gasteiger partial charge in [-0.25, -0.2) is 0 Å². The smallest absolute Gasteiger partial charge is 0.471 e. The third-order valence-corrected chi connectivity index (χ3v) is 4.05. The number of amides is 1. The molecule has 1 saturated heterocycles. The van der Waals surface area contributed by atoms with Crippen molar-refractivity contribution in [3.05, 3.63) is 35.7 Å². The first-order valence-electron chi connectivity index (χ1n) is 7.82. The van der Waals surface area contributed by atoms with Crippen LogP contribution in [0.4, 0.5) is 13.2 Å². The van der Waals surface area contributed by atoms with Gasteiger partial charge in [0.25, 0.3) is 5.91 Å². The lowest BCUT2D eigenvalue weighted by Gasteiger charge is -2.27. The Kier molecular flexibility index (Phi) is 4.87. The van der Waals surface area contributed by atoms with Crippen molar-refractivity contribution in [3.63, 3.8) is 0 Å². The molecule has 11 heteroatoms. The Balaban J connectivity index is 1.74. The number of aromatic nitrogens is 2. The Hall–Kier alpha value is -2.95. The fourth-order valence-electron chi connectivity index (χ4n) is 2.72. The molecule has 1 amide bonds. The fourth-order valence-corrected chi connectivity index (χ4v) is 2.72. The van der Waals surface area contributed by atoms with Crippen LogP contribution in [0.15, 0.2) is 28.8 Å². The van der Waals surface area contributed by atoms with Crippen molar-refractivity contribution in [2.45, 2.75) is 24.6 Å². The zero-order valence-corrected chi connectivity index (χ0v) is 13.7. The van der Waals surface area contributed by atoms with Gasteiger partial charge in [0.15, 0.2) is 0 Å². The third kappa shape index (κ3) is 4.25. The van der Waals surface area contributed by atoms with E-state index in [2.05, 4.69) is 20.0 Å². The summed E-state index contributed by atoms with van der Waals surface area (Å²) in [6, 6.07) is 5.49. The monoisotopic (exact) mass is 385 g/mol. The number of halogens is 3. The first kappa shape index (κ1) is 18.8. The number of alkyl halides is 3. The molecule has 0 bridgehead atoms. The van der Waals surface area contributed by atoms with E-state index >= 15 is 0 Å². The molecule has 1 aliphatic heterocycles. The zero-order chi connectivity index (χ0) is 19.7. The first-order valence-corrected chi connectivity index (χ1v) is 7.82. The van der Waals surface area contributed by atoms with Crippen LogP contribution in [0.5, 0.6) is 0 Å². The van der Waals surface area contributed by atoms with Gasteiger partial charge in [-0.3, -0.25) is 9.59 Å². The van der Waals surface area contributed by atoms with E-state index in [9.17, 15) is 22.8 Å². The van der Waals surface area contributed by atoms with Gasteiger partial charge in [0.05, 0.1) is 18.6 Å². The maximum Gasteiger partial charge on any atom is 0.471 e. The second-order valence-electron chi connectivity index (χ2n) is 6.11. The van der Waals surface area contributed by atoms with E-state index in [1.54, 1.807) is 0 Å². The van der Waals surface area contributed by atoms with Gasteiger partial charge < -0.3 is 19.7 Å². The number of carboxylic acids is 1. The van der Waals surface area contributed by atoms with Crippen LogP contribution in [-0.4, -0.2) is 45.9 Å². The summed E-state index contributed by atoms with van der Waals surface area (Å²) < 4.78 is 46.9. The van der Waals surface area contributed by atoms with Gasteiger partial charge in [-0.2, -0.15) is 18.2 Å². The summed E-state index contributed by atoms with van der Waals surface area (Å²) in [6.07, 6.45) is -4.65. The van der Waals surface area contributed by atoms with Crippen LogP contribution >= 0.6 is 0 Å². The first-order chi connectivity index (χ1) is 12.7. The van der Waals surface area contributed by atoms with E-state index in [0.29, 0.717) is 13.0 Å². The van der Waals surface area contributed by atoms with Crippen molar-refractivity contribution in [3.8, 4) is 11.4 Å². The summed E-state index contributed by atoms with van der Waals surface area (Å²) in [5.74, 6) is -3.30. The summed E-state index contributed by atoms with van der Waals surface area (Å²) in [5, 5.41) is 15.0. The van der Waals surface area contributed by atoms with Crippen molar-refractivity contribution in [1.82, 2.24) is 15.5 Å². The summed E-state index contributed by atoms with van der Waals surface area (Å²) in [4.78, 5) is 26.7. The van der Waals surface area contributed by atoms with Crippen molar-refractivity contribution in [2.75, 3.05) is 13.2 Å². The summed E-state index contributed by atoms with van der Waals surface area (Å²) in [6.45, 7) is 0.429. The fraction of sp³-hybridized carbons (Fsp3) is 0.375. The number of benzene rings is 1. The molecule has 2 aromatic rings. The molecule has 0 saturated carbocycles. The second-order valence-corrected chi connectivity index (χ2v) is 6.11. The van der Waals surface area contributed by atoms with Crippen LogP contribution in [0.3, 0.4) is 0 Å². The molecule has 2 heterocycles. The van der Waals surface area contributed by atoms with Gasteiger partial charge >= 0.3 is 18.0 Å². The molecule has 1 aromatic heterocycles. The highest BCUT2D eigenvalue weighted by Crippen LogP contribution is 2.29. The molecule has 8 nitrogen and oxygen atoms in total. The topological polar surface area (TPSA) is 115 Å². The number of carbonyl (C=O) groups excluding carboxylic acids is 1. The van der Waals surface area contributed by atoms with E-state index < -0.39 is 29.5 Å². The largest absolute Gasteiger partial charge is 0.481 e. The number of carboxylic acid groups (broad SMARTS) is 1. The highest BCUT2D eigenvalue weighted by molar-refractivity contribution is 5.95. The summed E-state index contributed by atoms with van der Waals surface area (Å²) >= 11 is 0. The van der Waals surface area contributed by atoms with Crippen LogP contribution in [-0.2, 0) is 15.7 Å². The Labute approximate surface area is 150 Å². The van der Waals surface area contributed by atoms with Gasteiger partial charge in [-0.05, 0) is 18.6 Å². The van der Waals surface area contributed by atoms with Crippen molar-refractivity contribution in [2.24, 2.45) is 0 Å². The lowest BCUT2D eigenvalue weighted by molar-refractivity contribution is -0.159. The molecular weight excluding hydrogens is 371 g/mol. The van der Waals surface area contributed by atoms with E-state index in [4.69, 9.17) is 9.84 Å². The van der Waals surface area contributed by atoms with Crippen LogP contribution in [0, 0.1) is 0 Å². The van der Waals surface area contributed by atoms with Crippen LogP contribution in [0.25, 0.3) is 11.4 Å². The molecule has 1 unspecified atom stereocenters. The molecule has 1 fully saturated rings. The van der Waals surface area contributed by atoms with E-state index in [0.717, 1.165) is 0 Å². The Bertz CT molecular complexity index is 842. The maximum atomic E-state index is 12.5. The maximum absolute atomic E-state index is 12.5. The molecular formula is C16H14F3N3O5. The van der Waals surface area contributed by atoms with Crippen LogP contribution in [0.2, 0.25) is 0 Å². The van der Waals surface area contributed by atoms with Gasteiger partial charge in [0, 0.05) is 17.7 Å². The predicted octanol–water partition coefficient (Wildman–Crippen LogP) is 2.12. The van der Waals surface area contributed by atoms with Gasteiger partial charge in [0.2, 0.25) is 5.82 Å². The second kappa shape index (κ2) is 6.99. The molecule has 1 atom stereocenters. The number of nitrogens with zero attached hydrogens (tertiary/aromatic N) is 2. The van der Waals surface area contributed by atoms with Crippen molar-refractivity contribution in [1.29, 1.82) is 0 Å². The number of rotatable bonds is 5. The highest BCUT2D eigenvalue weighted by atomic mass is 19.4. The lowest BCUT2D eigenvalue weighted by atomic mass is 9.93. The standard InChI is InChI=1S/C16H14F3N3O5/c17-16(18,19)14-20-12(22-27-14)9-1-3-10(4-2-9)13(25)21-15(7-11(23)24)5-6-26-8-15/h1-4H,5-8H2,(H,21,25)(H,23,24). The number of nitrogens with one attached hydrogen (secondary N) is 1. The number of hydrogen-bond donors (Lipinski definition) is 2. The number of carbonyl (C=O) groups is 2. The average Bonchev–Trinajstić information content (AvgIpc) is 3.24. The Morgan fingerprint density at radius 2 is 1.96 bits per heavy atom. The minimum atomic E-state index is -4.74. The third-order valence-electron chi connectivity index (χ3n) is 4.05. The van der Waals surface area contributed by atoms with E-state index in [1.165, 1.54) is 24.3 Å². The predicted molar refractivity (Wildman–Crippen MR) is 82.6 cm³/mol. The van der Waals surface area contributed by atoms with E-state index in [-0.39, 0.29) is 30.0 Å². The van der Waals surface area contributed by atoms with Gasteiger partial charge in [0.1, 0.15) is 0 Å². The molecule has 2 N–H and O–H groups in total. The van der Waals surface area contributed by atoms with E-state index in [1.807, 2.05) is 0 Å². The van der Waals surface area contributed by atoms with Crippen molar-refractivity contribution >= 4 is 11.9 Å². The quantitative estimate of drug-likeness (QED) is 0.810. The number of ether oxygens (including phenoxy) is 1. The Morgan fingerprint density at radius 3 is 2.48 bits per heavy atom. The number of hydrogen-bond acceptors (Lipinski definition) is 6. The average molecular weight is 385 g/mol. The molecule has 0 radical (unpaired) electrons.